The summed E-state index contributed by atoms with van der Waals surface area (Å²) in [6, 6.07) is 9.76. The Labute approximate surface area is 172 Å². The van der Waals surface area contributed by atoms with Crippen molar-refractivity contribution in [2.75, 3.05) is 23.8 Å². The van der Waals surface area contributed by atoms with Crippen molar-refractivity contribution in [3.63, 3.8) is 0 Å². The molecule has 0 radical (unpaired) electrons. The second-order valence-electron chi connectivity index (χ2n) is 6.31. The van der Waals surface area contributed by atoms with E-state index < -0.39 is 22.9 Å². The molecule has 2 rings (SSSR count). The molecule has 10 nitrogen and oxygen atoms in total. The van der Waals surface area contributed by atoms with Gasteiger partial charge in [0.1, 0.15) is 0 Å². The van der Waals surface area contributed by atoms with Crippen molar-refractivity contribution in [2.24, 2.45) is 0 Å². The van der Waals surface area contributed by atoms with E-state index in [1.54, 1.807) is 24.3 Å². The molecule has 0 bridgehead atoms. The van der Waals surface area contributed by atoms with E-state index in [-0.39, 0.29) is 35.9 Å². The van der Waals surface area contributed by atoms with Crippen LogP contribution in [0.25, 0.3) is 0 Å². The summed E-state index contributed by atoms with van der Waals surface area (Å²) in [6.07, 6.45) is -1.20. The van der Waals surface area contributed by atoms with E-state index in [0.29, 0.717) is 11.3 Å². The summed E-state index contributed by atoms with van der Waals surface area (Å²) in [4.78, 5) is 46.5. The number of carbonyl (C=O) groups excluding carboxylic acids is 3. The highest BCUT2D eigenvalue weighted by molar-refractivity contribution is 6.00. The highest BCUT2D eigenvalue weighted by Crippen LogP contribution is 2.23. The normalized spacial score (nSPS) is 11.3. The predicted molar refractivity (Wildman–Crippen MR) is 109 cm³/mol. The van der Waals surface area contributed by atoms with Crippen molar-refractivity contribution >= 4 is 34.7 Å². The van der Waals surface area contributed by atoms with Gasteiger partial charge in [0.05, 0.1) is 17.1 Å². The molecule has 0 fully saturated rings. The Kier molecular flexibility index (Phi) is 7.59. The summed E-state index contributed by atoms with van der Waals surface area (Å²) in [7, 11) is 0. The second-order valence-corrected chi connectivity index (χ2v) is 6.31. The minimum absolute atomic E-state index is 0.113. The number of nitro benzene ring substituents is 1. The first-order chi connectivity index (χ1) is 14.2. The number of rotatable bonds is 9. The van der Waals surface area contributed by atoms with Crippen LogP contribution in [0.15, 0.2) is 42.5 Å². The monoisotopic (exact) mass is 415 g/mol. The molecule has 30 heavy (non-hydrogen) atoms. The molecule has 3 N–H and O–H groups in total. The summed E-state index contributed by atoms with van der Waals surface area (Å²) in [6.45, 7) is 2.68. The number of aliphatic hydroxyl groups is 1. The van der Waals surface area contributed by atoms with Gasteiger partial charge in [-0.15, -0.1) is 0 Å². The molecule has 1 unspecified atom stereocenters. The molecule has 0 saturated carbocycles. The SMILES string of the molecule is CC(=O)c1ccc(NC(=O)C(C)OC(=O)c2cc([N+](=O)[O-])ccc2NCCO)cc1. The first-order valence-electron chi connectivity index (χ1n) is 8.99. The minimum Gasteiger partial charge on any atom is -0.449 e. The molecule has 0 aliphatic heterocycles. The highest BCUT2D eigenvalue weighted by Gasteiger charge is 2.23. The van der Waals surface area contributed by atoms with Crippen LogP contribution in [0.3, 0.4) is 0 Å². The molecule has 0 aliphatic carbocycles. The van der Waals surface area contributed by atoms with Gasteiger partial charge in [0.15, 0.2) is 11.9 Å². The van der Waals surface area contributed by atoms with E-state index in [1.165, 1.54) is 26.0 Å². The van der Waals surface area contributed by atoms with Crippen LogP contribution in [0, 0.1) is 10.1 Å². The van der Waals surface area contributed by atoms with Crippen LogP contribution in [0.4, 0.5) is 17.1 Å². The molecular formula is C20H21N3O7. The number of aliphatic hydroxyl groups excluding tert-OH is 1. The third-order valence-corrected chi connectivity index (χ3v) is 4.07. The average Bonchev–Trinajstić information content (AvgIpc) is 2.72. The van der Waals surface area contributed by atoms with E-state index in [1.807, 2.05) is 0 Å². The fraction of sp³-hybridized carbons (Fsp3) is 0.250. The van der Waals surface area contributed by atoms with Crippen LogP contribution in [0.5, 0.6) is 0 Å². The molecule has 1 atom stereocenters. The summed E-state index contributed by atoms with van der Waals surface area (Å²) >= 11 is 0. The maximum atomic E-state index is 12.5. The second kappa shape index (κ2) is 10.1. The number of ketones is 1. The molecule has 2 aromatic carbocycles. The maximum absolute atomic E-state index is 12.5. The minimum atomic E-state index is -1.20. The van der Waals surface area contributed by atoms with Gasteiger partial charge in [-0.2, -0.15) is 0 Å². The smallest absolute Gasteiger partial charge is 0.341 e. The van der Waals surface area contributed by atoms with Gasteiger partial charge < -0.3 is 20.5 Å². The van der Waals surface area contributed by atoms with Gasteiger partial charge in [-0.25, -0.2) is 4.79 Å². The average molecular weight is 415 g/mol. The molecule has 158 valence electrons. The Hall–Kier alpha value is -3.79. The molecule has 2 aromatic rings. The molecule has 0 aliphatic rings. The van der Waals surface area contributed by atoms with Gasteiger partial charge in [0, 0.05) is 35.6 Å². The van der Waals surface area contributed by atoms with Crippen LogP contribution < -0.4 is 10.6 Å². The van der Waals surface area contributed by atoms with Gasteiger partial charge in [0.25, 0.3) is 11.6 Å². The third kappa shape index (κ3) is 5.85. The van der Waals surface area contributed by atoms with Crippen molar-refractivity contribution < 1.29 is 29.2 Å². The summed E-state index contributed by atoms with van der Waals surface area (Å²) in [5.74, 6) is -1.67. The fourth-order valence-corrected chi connectivity index (χ4v) is 2.47. The van der Waals surface area contributed by atoms with Gasteiger partial charge in [-0.1, -0.05) is 0 Å². The molecular weight excluding hydrogens is 394 g/mol. The lowest BCUT2D eigenvalue weighted by atomic mass is 10.1. The first kappa shape index (κ1) is 22.5. The van der Waals surface area contributed by atoms with Gasteiger partial charge in [-0.05, 0) is 44.2 Å². The number of non-ortho nitro benzene ring substituents is 1. The number of benzene rings is 2. The van der Waals surface area contributed by atoms with Crippen LogP contribution in [-0.2, 0) is 9.53 Å². The van der Waals surface area contributed by atoms with Crippen molar-refractivity contribution in [3.05, 3.63) is 63.7 Å². The number of nitrogens with one attached hydrogen (secondary N) is 2. The van der Waals surface area contributed by atoms with Gasteiger partial charge >= 0.3 is 5.97 Å². The summed E-state index contributed by atoms with van der Waals surface area (Å²) in [5.41, 5.74) is 0.670. The number of esters is 1. The quantitative estimate of drug-likeness (QED) is 0.245. The molecule has 1 amide bonds. The number of ether oxygens (including phenoxy) is 1. The largest absolute Gasteiger partial charge is 0.449 e. The van der Waals surface area contributed by atoms with E-state index in [0.717, 1.165) is 6.07 Å². The molecule has 0 spiro atoms. The van der Waals surface area contributed by atoms with Crippen molar-refractivity contribution in [1.29, 1.82) is 0 Å². The Balaban J connectivity index is 2.11. The van der Waals surface area contributed by atoms with Crippen LogP contribution in [0.1, 0.15) is 34.6 Å². The number of amides is 1. The standard InChI is InChI=1S/C20H21N3O7/c1-12(25)14-3-5-15(6-4-14)22-19(26)13(2)30-20(27)17-11-16(23(28)29)7-8-18(17)21-9-10-24/h3-8,11,13,21,24H,9-10H2,1-2H3,(H,22,26). The van der Waals surface area contributed by atoms with Gasteiger partial charge in [-0.3, -0.25) is 19.7 Å². The molecule has 0 saturated heterocycles. The topological polar surface area (TPSA) is 148 Å². The van der Waals surface area contributed by atoms with Crippen LogP contribution >= 0.6 is 0 Å². The molecule has 0 heterocycles. The summed E-state index contributed by atoms with van der Waals surface area (Å²) < 4.78 is 5.16. The van der Waals surface area contributed by atoms with Crippen molar-refractivity contribution in [2.45, 2.75) is 20.0 Å². The lowest BCUT2D eigenvalue weighted by Gasteiger charge is -2.15. The number of carbonyl (C=O) groups is 3. The zero-order valence-corrected chi connectivity index (χ0v) is 16.4. The Bertz CT molecular complexity index is 957. The lowest BCUT2D eigenvalue weighted by Crippen LogP contribution is -2.30. The van der Waals surface area contributed by atoms with E-state index in [4.69, 9.17) is 9.84 Å². The third-order valence-electron chi connectivity index (χ3n) is 4.07. The Morgan fingerprint density at radius 1 is 1.17 bits per heavy atom. The summed E-state index contributed by atoms with van der Waals surface area (Å²) in [5, 5.41) is 25.3. The van der Waals surface area contributed by atoms with E-state index >= 15 is 0 Å². The number of anilines is 2. The number of hydrogen-bond acceptors (Lipinski definition) is 8. The van der Waals surface area contributed by atoms with Gasteiger partial charge in [0.2, 0.25) is 0 Å². The van der Waals surface area contributed by atoms with E-state index in [9.17, 15) is 24.5 Å². The van der Waals surface area contributed by atoms with E-state index in [2.05, 4.69) is 10.6 Å². The number of hydrogen-bond donors (Lipinski definition) is 3. The highest BCUT2D eigenvalue weighted by atomic mass is 16.6. The lowest BCUT2D eigenvalue weighted by molar-refractivity contribution is -0.384. The zero-order valence-electron chi connectivity index (χ0n) is 16.4. The van der Waals surface area contributed by atoms with Crippen LogP contribution in [0.2, 0.25) is 0 Å². The van der Waals surface area contributed by atoms with Crippen molar-refractivity contribution in [1.82, 2.24) is 0 Å². The predicted octanol–water partition coefficient (Wildman–Crippen LogP) is 2.39. The van der Waals surface area contributed by atoms with Crippen LogP contribution in [-0.4, -0.2) is 46.9 Å². The number of nitro groups is 1. The first-order valence-corrected chi connectivity index (χ1v) is 8.99. The Morgan fingerprint density at radius 3 is 2.40 bits per heavy atom. The molecule has 10 heteroatoms. The maximum Gasteiger partial charge on any atom is 0.341 e. The number of Topliss-reactive ketones (excluding diaryl/α,β-unsaturated/α-hetero) is 1. The Morgan fingerprint density at radius 2 is 1.83 bits per heavy atom. The zero-order chi connectivity index (χ0) is 22.3. The molecule has 0 aromatic heterocycles. The van der Waals surface area contributed by atoms with Crippen molar-refractivity contribution in [3.8, 4) is 0 Å². The number of nitrogens with zero attached hydrogens (tertiary/aromatic N) is 1. The fourth-order valence-electron chi connectivity index (χ4n) is 2.47.